The summed E-state index contributed by atoms with van der Waals surface area (Å²) in [6.45, 7) is 0. The third-order valence-corrected chi connectivity index (χ3v) is 28.2. The van der Waals surface area contributed by atoms with E-state index in [0.717, 1.165) is 44.7 Å². The van der Waals surface area contributed by atoms with E-state index in [4.69, 9.17) is 88.0 Å². The molecule has 0 unspecified atom stereocenters. The van der Waals surface area contributed by atoms with Crippen molar-refractivity contribution < 1.29 is 58.2 Å². The van der Waals surface area contributed by atoms with Gasteiger partial charge in [-0.15, -0.1) is 11.3 Å². The van der Waals surface area contributed by atoms with Crippen molar-refractivity contribution in [3.8, 4) is 136 Å². The molecule has 33 rings (SSSR count). The first-order valence-electron chi connectivity index (χ1n) is 65.4. The van der Waals surface area contributed by atoms with Gasteiger partial charge in [-0.1, -0.05) is 370 Å². The first kappa shape index (κ1) is 56.2. The Balaban J connectivity index is 0.000000118. The van der Waals surface area contributed by atoms with Crippen LogP contribution >= 0.6 is 11.3 Å². The zero-order valence-corrected chi connectivity index (χ0v) is 78.2. The number of rotatable bonds is 12. The molecule has 150 heavy (non-hydrogen) atoms. The van der Waals surface area contributed by atoms with Crippen molar-refractivity contribution >= 4 is 190 Å². The minimum atomic E-state index is -0.569. The lowest BCUT2D eigenvalue weighted by atomic mass is 9.97. The highest BCUT2D eigenvalue weighted by molar-refractivity contribution is 7.27. The summed E-state index contributed by atoms with van der Waals surface area (Å²) in [5.41, 5.74) is 7.15. The fourth-order valence-corrected chi connectivity index (χ4v) is 21.5. The summed E-state index contributed by atoms with van der Waals surface area (Å²) in [7, 11) is 0. The molecule has 0 spiro atoms. The van der Waals surface area contributed by atoms with Crippen LogP contribution in [0.15, 0.2) is 481 Å². The van der Waals surface area contributed by atoms with Crippen LogP contribution in [0.25, 0.3) is 314 Å². The molecule has 12 aromatic heterocycles. The number of aromatic nitrogens is 12. The first-order valence-corrected chi connectivity index (χ1v) is 48.3. The van der Waals surface area contributed by atoms with E-state index in [1.165, 1.54) is 13.2 Å². The molecule has 0 atom stereocenters. The van der Waals surface area contributed by atoms with E-state index in [2.05, 4.69) is 0 Å². The molecule has 0 N–H and O–H groups in total. The Morgan fingerprint density at radius 1 is 0.193 bits per heavy atom. The molecule has 15 heteroatoms. The van der Waals surface area contributed by atoms with Crippen molar-refractivity contribution in [2.24, 2.45) is 0 Å². The van der Waals surface area contributed by atoms with Gasteiger partial charge in [0.25, 0.3) is 0 Å². The van der Waals surface area contributed by atoms with E-state index in [1.807, 2.05) is 188 Å². The second kappa shape index (κ2) is 33.7. The van der Waals surface area contributed by atoms with Crippen LogP contribution < -0.4 is 0 Å². The van der Waals surface area contributed by atoms with Crippen molar-refractivity contribution in [3.05, 3.63) is 472 Å². The van der Waals surface area contributed by atoms with Crippen LogP contribution in [0.5, 0.6) is 0 Å². The first-order chi connectivity index (χ1) is 89.4. The van der Waals surface area contributed by atoms with Crippen molar-refractivity contribution in [1.82, 2.24) is 58.1 Å². The molecule has 0 fully saturated rings. The summed E-state index contributed by atoms with van der Waals surface area (Å²) in [6.07, 6.45) is 0. The van der Waals surface area contributed by atoms with Gasteiger partial charge in [0.2, 0.25) is 0 Å². The Labute approximate surface area is 910 Å². The van der Waals surface area contributed by atoms with Crippen molar-refractivity contribution in [3.63, 3.8) is 0 Å². The van der Waals surface area contributed by atoms with Crippen LogP contribution in [0.2, 0.25) is 0 Å². The lowest BCUT2D eigenvalue weighted by molar-refractivity contribution is 0.669. The number of fused-ring (bicyclic) bond motifs is 29. The molecular formula is C135H78N12O2S. The zero-order valence-electron chi connectivity index (χ0n) is 113. The van der Waals surface area contributed by atoms with Crippen LogP contribution in [0.4, 0.5) is 0 Å². The molecule has 33 aromatic rings. The zero-order chi connectivity index (χ0) is 130. The Hall–Kier alpha value is -20.1. The number of thiophene rings is 1. The summed E-state index contributed by atoms with van der Waals surface area (Å²) in [5.74, 6) is 3.58. The van der Waals surface area contributed by atoms with Crippen LogP contribution in [-0.2, 0) is 0 Å². The third kappa shape index (κ3) is 13.5. The maximum atomic E-state index is 9.90. The summed E-state index contributed by atoms with van der Waals surface area (Å²) in [6, 6.07) is 62.4. The van der Waals surface area contributed by atoms with E-state index >= 15 is 0 Å². The lowest BCUT2D eigenvalue weighted by Crippen LogP contribution is -2.00. The van der Waals surface area contributed by atoms with Crippen molar-refractivity contribution in [2.75, 3.05) is 0 Å². The number of hydrogen-bond donors (Lipinski definition) is 0. The largest absolute Gasteiger partial charge is 0.456 e. The maximum absolute atomic E-state index is 9.90. The lowest BCUT2D eigenvalue weighted by Gasteiger charge is -2.10. The van der Waals surface area contributed by atoms with Gasteiger partial charge in [0.05, 0.1) is 104 Å². The minimum Gasteiger partial charge on any atom is -0.456 e. The molecule has 21 aromatic carbocycles. The van der Waals surface area contributed by atoms with Gasteiger partial charge < -0.3 is 22.0 Å². The number of benzene rings is 21. The summed E-state index contributed by atoms with van der Waals surface area (Å²) in [4.78, 5) is 43.4. The van der Waals surface area contributed by atoms with Gasteiger partial charge in [-0.25, -0.2) is 44.9 Å². The van der Waals surface area contributed by atoms with Gasteiger partial charge >= 0.3 is 0 Å². The molecule has 12 heterocycles. The maximum Gasteiger partial charge on any atom is 0.164 e. The molecule has 0 radical (unpaired) electrons. The molecular weight excluding hydrogens is 1850 g/mol. The van der Waals surface area contributed by atoms with Crippen molar-refractivity contribution in [2.45, 2.75) is 0 Å². The highest BCUT2D eigenvalue weighted by Crippen LogP contribution is 2.52. The summed E-state index contributed by atoms with van der Waals surface area (Å²) in [5, 5.41) is 0.809. The molecule has 0 bridgehead atoms. The topological polar surface area (TPSA) is 156 Å². The molecule has 0 saturated carbocycles. The van der Waals surface area contributed by atoms with Crippen LogP contribution in [0, 0.1) is 0 Å². The van der Waals surface area contributed by atoms with E-state index in [9.17, 15) is 15.1 Å². The van der Waals surface area contributed by atoms with E-state index in [1.54, 1.807) is 66.7 Å². The Kier molecular flexibility index (Phi) is 12.6. The molecule has 696 valence electrons. The molecule has 14 nitrogen and oxygen atoms in total. The average Bonchev–Trinajstić information content (AvgIpc) is 1.84. The monoisotopic (exact) mass is 1970 g/mol. The average molecular weight is 1970 g/mol. The quantitative estimate of drug-likeness (QED) is 0.115. The normalized spacial score (nSPS) is 15.4. The predicted molar refractivity (Wildman–Crippen MR) is 616 cm³/mol. The Morgan fingerprint density at radius 2 is 0.547 bits per heavy atom. The van der Waals surface area contributed by atoms with Crippen molar-refractivity contribution in [1.29, 1.82) is 0 Å². The standard InChI is InChI=1S/2C45H26N4O.C45H26N4S/c1-3-12-27(13-4-1)43-46-44(28-14-5-2-6-15-28)48-45(47-43)31-17-11-16-29(24-31)30-22-23-38-34(25-30)35-26-36-32-18-8-10-21-39(32)50-42(36)40-33-19-7-9-20-37(33)49(38)41(35)40;1-3-12-27(13-4-1)43-46-44(28-14-5-2-6-15-28)48-45(47-43)30-17-9-16-29(24-30)31-19-11-23-39-41(31)36-25-38-35(26-40(36)50-39)34-21-10-20-33-32-18-7-8-22-37(32)49(38)42(33)34;1-3-12-27(13-4-1)43-46-44(28-14-5-2-6-15-28)48-45(47-43)31-17-11-16-29(24-31)30-22-23-39-34(25-30)36-26-35-32-18-7-9-20-37(32)49-38-21-10-8-19-33(38)40(41(35)49)42(36)50-39/h3*1-26H/i7D,8D,9D,10D,18D,19D,20D,21D,22D,23D,25D,26D;7D,8D,10D,11D,18D,19D,20D,21D,22D,23D,25D,26D;7D,8D,9D,10D,18D,19D,20D,21D,22D,23D,25D,26D. The van der Waals surface area contributed by atoms with Crippen LogP contribution in [0.3, 0.4) is 0 Å². The van der Waals surface area contributed by atoms with Gasteiger partial charge in [0, 0.05) is 151 Å². The second-order valence-corrected chi connectivity index (χ2v) is 36.7. The van der Waals surface area contributed by atoms with Crippen LogP contribution in [-0.4, -0.2) is 58.1 Å². The smallest absolute Gasteiger partial charge is 0.164 e. The second-order valence-electron chi connectivity index (χ2n) is 35.7. The Morgan fingerprint density at radius 3 is 1.06 bits per heavy atom. The van der Waals surface area contributed by atoms with E-state index < -0.39 is 145 Å². The fourth-order valence-electron chi connectivity index (χ4n) is 20.4. The number of para-hydroxylation sites is 6. The highest BCUT2D eigenvalue weighted by Gasteiger charge is 2.29. The predicted octanol–water partition coefficient (Wildman–Crippen LogP) is 35.2. The molecule has 0 aliphatic carbocycles. The van der Waals surface area contributed by atoms with Gasteiger partial charge in [-0.3, -0.25) is 0 Å². The van der Waals surface area contributed by atoms with E-state index in [0.29, 0.717) is 90.5 Å². The molecule has 0 aliphatic rings. The number of hydrogen-bond acceptors (Lipinski definition) is 12. The highest BCUT2D eigenvalue weighted by atomic mass is 32.1. The Bertz CT molecular complexity index is 13500. The summed E-state index contributed by atoms with van der Waals surface area (Å²) >= 11 is 1.04. The van der Waals surface area contributed by atoms with Gasteiger partial charge in [0.15, 0.2) is 52.4 Å². The fraction of sp³-hybridized carbons (Fsp3) is 0. The van der Waals surface area contributed by atoms with Gasteiger partial charge in [-0.05, 0) is 136 Å². The molecule has 0 aliphatic heterocycles. The van der Waals surface area contributed by atoms with Crippen LogP contribution in [0.1, 0.15) is 49.3 Å². The number of nitrogens with zero attached hydrogens (tertiary/aromatic N) is 12. The summed E-state index contributed by atoms with van der Waals surface area (Å²) < 4.78 is 342. The molecule has 0 saturated heterocycles. The minimum absolute atomic E-state index is 0.00122. The SMILES string of the molecule is [2H]c1c(-c2cccc(-c3nc(-c4ccccc4)nc(-c4ccccc4)n3)c2)c([2H])c2c(sc3c2c([2H])c2c4c([2H])c([2H])c([2H])c([2H])c4n4c5c([2H])c([2H])c([2H])c([2H])c5c3c24)c1[2H].[2H]c1c([2H])c(-c2cccc(-c3nc(-c4ccccc4)nc(-c4ccccc4)n3)c2)c2c(oc3c([2H])c4c5c([2H])c([2H])c([2H])c6c7c([2H])c([2H])c([2H])c([2H])c7n(c4c([2H])c32)c65)c1[2H].[2H]c1c([2H])c([2H])c2c(oc3c2c([2H])c2c4c([2H])c(-c5cccc(-c6nc(-c7ccccc7)nc(-c7ccccc7)n6)c5)c([2H])c([2H])c4n4c5c([2H])c([2H])c([2H])c([2H])c5c3c24)c1[2H]. The van der Waals surface area contributed by atoms with E-state index in [-0.39, 0.29) is 263 Å². The third-order valence-electron chi connectivity index (χ3n) is 27.1. The molecule has 0 amide bonds. The number of furan rings is 2. The van der Waals surface area contributed by atoms with Gasteiger partial charge in [-0.2, -0.15) is 0 Å². The van der Waals surface area contributed by atoms with Gasteiger partial charge in [0.1, 0.15) is 22.3 Å².